The monoisotopic (exact) mass is 502 g/mol. The first-order valence-corrected chi connectivity index (χ1v) is 9.63. The third-order valence-electron chi connectivity index (χ3n) is 4.33. The predicted molar refractivity (Wildman–Crippen MR) is 121 cm³/mol. The van der Waals surface area contributed by atoms with Gasteiger partial charge in [-0.1, -0.05) is 6.07 Å². The van der Waals surface area contributed by atoms with Crippen molar-refractivity contribution in [2.24, 2.45) is 4.99 Å². The molecule has 0 unspecified atom stereocenters. The van der Waals surface area contributed by atoms with Crippen LogP contribution in [-0.2, 0) is 17.8 Å². The lowest BCUT2D eigenvalue weighted by Crippen LogP contribution is -2.39. The molecule has 1 fully saturated rings. The Morgan fingerprint density at radius 2 is 2.00 bits per heavy atom. The second-order valence-corrected chi connectivity index (χ2v) is 7.40. The van der Waals surface area contributed by atoms with Crippen molar-refractivity contribution in [1.29, 1.82) is 0 Å². The number of aryl methyl sites for hydroxylation is 2. The Labute approximate surface area is 181 Å². The van der Waals surface area contributed by atoms with Crippen LogP contribution in [0.3, 0.4) is 0 Å². The summed E-state index contributed by atoms with van der Waals surface area (Å²) in [7, 11) is 1.78. The summed E-state index contributed by atoms with van der Waals surface area (Å²) in [5.74, 6) is 1.78. The minimum Gasteiger partial charge on any atom is -0.378 e. The van der Waals surface area contributed by atoms with Gasteiger partial charge in [0.2, 0.25) is 0 Å². The zero-order chi connectivity index (χ0) is 18.4. The first kappa shape index (κ1) is 21.8. The van der Waals surface area contributed by atoms with Crippen molar-refractivity contribution in [3.05, 3.63) is 39.5 Å². The molecule has 0 atom stereocenters. The van der Waals surface area contributed by atoms with Gasteiger partial charge in [0.15, 0.2) is 5.96 Å². The van der Waals surface area contributed by atoms with Gasteiger partial charge < -0.3 is 20.3 Å². The minimum atomic E-state index is 0. The molecule has 0 amide bonds. The molecule has 9 heteroatoms. The Bertz CT molecular complexity index is 741. The normalized spacial score (nSPS) is 14.6. The van der Waals surface area contributed by atoms with Gasteiger partial charge >= 0.3 is 0 Å². The Morgan fingerprint density at radius 1 is 1.26 bits per heavy atom. The molecule has 27 heavy (non-hydrogen) atoms. The number of morpholine rings is 1. The van der Waals surface area contributed by atoms with E-state index in [1.165, 1.54) is 4.88 Å². The summed E-state index contributed by atoms with van der Waals surface area (Å²) in [6.45, 7) is 8.72. The van der Waals surface area contributed by atoms with Crippen molar-refractivity contribution >= 4 is 47.1 Å². The molecule has 0 radical (unpaired) electrons. The largest absolute Gasteiger partial charge is 0.378 e. The van der Waals surface area contributed by atoms with E-state index in [0.29, 0.717) is 13.1 Å². The van der Waals surface area contributed by atoms with E-state index in [1.54, 1.807) is 18.4 Å². The van der Waals surface area contributed by atoms with E-state index in [9.17, 15) is 0 Å². The van der Waals surface area contributed by atoms with Gasteiger partial charge in [0.1, 0.15) is 10.8 Å². The molecule has 148 valence electrons. The molecule has 2 aromatic heterocycles. The van der Waals surface area contributed by atoms with Crippen LogP contribution in [0, 0.1) is 13.8 Å². The van der Waals surface area contributed by atoms with Gasteiger partial charge in [-0.05, 0) is 19.9 Å². The van der Waals surface area contributed by atoms with Crippen LogP contribution in [0.5, 0.6) is 0 Å². The number of pyridine rings is 1. The maximum atomic E-state index is 5.44. The maximum absolute atomic E-state index is 5.44. The standard InChI is InChI=1S/C18H26N6OS.HI/c1-13-14(2)26-16(23-13)12-22-18(19-3)21-11-15-5-4-6-20-17(15)24-7-9-25-10-8-24;/h4-6H,7-12H2,1-3H3,(H2,19,21,22);1H. The van der Waals surface area contributed by atoms with E-state index < -0.39 is 0 Å². The number of hydrogen-bond donors (Lipinski definition) is 2. The van der Waals surface area contributed by atoms with Gasteiger partial charge in [0.25, 0.3) is 0 Å². The summed E-state index contributed by atoms with van der Waals surface area (Å²) in [4.78, 5) is 17.0. The van der Waals surface area contributed by atoms with Gasteiger partial charge in [0.05, 0.1) is 25.5 Å². The first-order chi connectivity index (χ1) is 12.7. The molecule has 1 aliphatic rings. The number of nitrogens with one attached hydrogen (secondary N) is 2. The van der Waals surface area contributed by atoms with Crippen LogP contribution in [0.4, 0.5) is 5.82 Å². The smallest absolute Gasteiger partial charge is 0.191 e. The molecule has 2 N–H and O–H groups in total. The van der Waals surface area contributed by atoms with Gasteiger partial charge in [-0.2, -0.15) is 0 Å². The first-order valence-electron chi connectivity index (χ1n) is 8.81. The lowest BCUT2D eigenvalue weighted by molar-refractivity contribution is 0.122. The number of nitrogens with zero attached hydrogens (tertiary/aromatic N) is 4. The summed E-state index contributed by atoms with van der Waals surface area (Å²) in [6.07, 6.45) is 1.84. The van der Waals surface area contributed by atoms with E-state index in [2.05, 4.69) is 43.5 Å². The van der Waals surface area contributed by atoms with Gasteiger partial charge in [-0.15, -0.1) is 35.3 Å². The zero-order valence-electron chi connectivity index (χ0n) is 16.0. The van der Waals surface area contributed by atoms with Crippen LogP contribution in [0.1, 0.15) is 21.1 Å². The van der Waals surface area contributed by atoms with E-state index in [-0.39, 0.29) is 24.0 Å². The molecule has 2 aromatic rings. The second-order valence-electron chi connectivity index (χ2n) is 6.11. The SMILES string of the molecule is CN=C(NCc1nc(C)c(C)s1)NCc1cccnc1N1CCOCC1.I. The second kappa shape index (κ2) is 10.8. The molecule has 1 aliphatic heterocycles. The van der Waals surface area contributed by atoms with Crippen LogP contribution >= 0.6 is 35.3 Å². The van der Waals surface area contributed by atoms with Crippen LogP contribution < -0.4 is 15.5 Å². The highest BCUT2D eigenvalue weighted by Crippen LogP contribution is 2.18. The van der Waals surface area contributed by atoms with Crippen LogP contribution in [0.25, 0.3) is 0 Å². The average Bonchev–Trinajstić information content (AvgIpc) is 3.00. The average molecular weight is 502 g/mol. The Kier molecular flexibility index (Phi) is 8.71. The highest BCUT2D eigenvalue weighted by molar-refractivity contribution is 14.0. The van der Waals surface area contributed by atoms with Crippen molar-refractivity contribution in [1.82, 2.24) is 20.6 Å². The van der Waals surface area contributed by atoms with Crippen molar-refractivity contribution in [2.45, 2.75) is 26.9 Å². The van der Waals surface area contributed by atoms with Crippen LogP contribution in [0.2, 0.25) is 0 Å². The number of rotatable bonds is 5. The Balaban J connectivity index is 0.00000261. The fourth-order valence-electron chi connectivity index (χ4n) is 2.80. The number of thiazole rings is 1. The molecule has 0 aromatic carbocycles. The Hall–Kier alpha value is -1.46. The number of hydrogen-bond acceptors (Lipinski definition) is 6. The van der Waals surface area contributed by atoms with Crippen molar-refractivity contribution in [3.8, 4) is 0 Å². The van der Waals surface area contributed by atoms with Crippen molar-refractivity contribution < 1.29 is 4.74 Å². The molecule has 0 bridgehead atoms. The molecule has 3 heterocycles. The third kappa shape index (κ3) is 6.01. The van der Waals surface area contributed by atoms with Gasteiger partial charge in [-0.25, -0.2) is 9.97 Å². The minimum absolute atomic E-state index is 0. The van der Waals surface area contributed by atoms with Crippen molar-refractivity contribution in [3.63, 3.8) is 0 Å². The summed E-state index contributed by atoms with van der Waals surface area (Å²) >= 11 is 1.72. The summed E-state index contributed by atoms with van der Waals surface area (Å²) < 4.78 is 5.44. The molecular weight excluding hydrogens is 475 g/mol. The molecule has 3 rings (SSSR count). The van der Waals surface area contributed by atoms with Crippen molar-refractivity contribution in [2.75, 3.05) is 38.3 Å². The number of ether oxygens (including phenoxy) is 1. The topological polar surface area (TPSA) is 74.7 Å². The molecular formula is C18H27IN6OS. The van der Waals surface area contributed by atoms with E-state index in [4.69, 9.17) is 4.74 Å². The van der Waals surface area contributed by atoms with Gasteiger partial charge in [0, 0.05) is 43.3 Å². The molecule has 0 spiro atoms. The Morgan fingerprint density at radius 3 is 2.67 bits per heavy atom. The fourth-order valence-corrected chi connectivity index (χ4v) is 3.68. The van der Waals surface area contributed by atoms with Gasteiger partial charge in [-0.3, -0.25) is 4.99 Å². The maximum Gasteiger partial charge on any atom is 0.191 e. The summed E-state index contributed by atoms with van der Waals surface area (Å²) in [6, 6.07) is 4.07. The number of aliphatic imine (C=N–C) groups is 1. The molecule has 1 saturated heterocycles. The third-order valence-corrected chi connectivity index (χ3v) is 5.40. The van der Waals surface area contributed by atoms with E-state index >= 15 is 0 Å². The van der Waals surface area contributed by atoms with Crippen LogP contribution in [0.15, 0.2) is 23.3 Å². The predicted octanol–water partition coefficient (Wildman–Crippen LogP) is 2.47. The number of guanidine groups is 1. The lowest BCUT2D eigenvalue weighted by Gasteiger charge is -2.29. The number of aromatic nitrogens is 2. The molecule has 7 nitrogen and oxygen atoms in total. The lowest BCUT2D eigenvalue weighted by atomic mass is 10.2. The number of halogens is 1. The quantitative estimate of drug-likeness (QED) is 0.372. The van der Waals surface area contributed by atoms with Crippen LogP contribution in [-0.4, -0.2) is 49.3 Å². The molecule has 0 saturated carbocycles. The fraction of sp³-hybridized carbons (Fsp3) is 0.500. The zero-order valence-corrected chi connectivity index (χ0v) is 19.1. The van der Waals surface area contributed by atoms with E-state index in [0.717, 1.165) is 54.3 Å². The summed E-state index contributed by atoms with van der Waals surface area (Å²) in [5.41, 5.74) is 2.25. The molecule has 0 aliphatic carbocycles. The highest BCUT2D eigenvalue weighted by atomic mass is 127. The van der Waals surface area contributed by atoms with E-state index in [1.807, 2.05) is 19.2 Å². The number of anilines is 1. The highest BCUT2D eigenvalue weighted by Gasteiger charge is 2.16. The summed E-state index contributed by atoms with van der Waals surface area (Å²) in [5, 5.41) is 7.77.